The van der Waals surface area contributed by atoms with Crippen molar-refractivity contribution in [2.45, 2.75) is 39.0 Å². The van der Waals surface area contributed by atoms with E-state index < -0.39 is 5.41 Å². The molecule has 1 aromatic heterocycles. The summed E-state index contributed by atoms with van der Waals surface area (Å²) in [4.78, 5) is 35.8. The minimum Gasteiger partial charge on any atom is -0.466 e. The molecule has 0 bridgehead atoms. The zero-order valence-corrected chi connectivity index (χ0v) is 17.5. The first-order valence-electron chi connectivity index (χ1n) is 10.5. The number of likely N-dealkylation sites (tertiary alicyclic amines) is 1. The molecule has 2 aromatic rings. The number of hydrogen-bond acceptors (Lipinski definition) is 5. The molecule has 0 radical (unpaired) electrons. The van der Waals surface area contributed by atoms with Gasteiger partial charge in [-0.05, 0) is 38.2 Å². The van der Waals surface area contributed by atoms with E-state index in [0.717, 1.165) is 24.1 Å². The fourth-order valence-corrected chi connectivity index (χ4v) is 3.88. The molecule has 3 rings (SSSR count). The predicted octanol–water partition coefficient (Wildman–Crippen LogP) is 3.68. The van der Waals surface area contributed by atoms with Crippen molar-refractivity contribution in [3.63, 3.8) is 0 Å². The van der Waals surface area contributed by atoms with Crippen molar-refractivity contribution < 1.29 is 14.3 Å². The molecule has 1 aliphatic heterocycles. The molecule has 6 nitrogen and oxygen atoms in total. The molecule has 1 atom stereocenters. The number of rotatable bonds is 8. The third-order valence-corrected chi connectivity index (χ3v) is 5.47. The molecule has 1 saturated heterocycles. The Hall–Kier alpha value is -3.02. The molecule has 30 heavy (non-hydrogen) atoms. The molecular formula is C24H29N3O3. The molecule has 0 saturated carbocycles. The Kier molecular flexibility index (Phi) is 7.71. The van der Waals surface area contributed by atoms with Crippen LogP contribution in [-0.4, -0.2) is 46.4 Å². The topological polar surface area (TPSA) is 72.4 Å². The van der Waals surface area contributed by atoms with Gasteiger partial charge >= 0.3 is 5.97 Å². The van der Waals surface area contributed by atoms with Crippen LogP contribution in [0.3, 0.4) is 0 Å². The third kappa shape index (κ3) is 5.75. The van der Waals surface area contributed by atoms with Crippen LogP contribution in [0, 0.1) is 5.41 Å². The molecule has 1 aromatic carbocycles. The number of allylic oxidation sites excluding steroid dienone is 1. The van der Waals surface area contributed by atoms with Crippen LogP contribution < -0.4 is 0 Å². The summed E-state index contributed by atoms with van der Waals surface area (Å²) in [6, 6.07) is 9.99. The van der Waals surface area contributed by atoms with Crippen molar-refractivity contribution in [1.82, 2.24) is 14.9 Å². The van der Waals surface area contributed by atoms with Crippen LogP contribution in [0.2, 0.25) is 0 Å². The molecular weight excluding hydrogens is 378 g/mol. The Morgan fingerprint density at radius 1 is 1.23 bits per heavy atom. The average molecular weight is 408 g/mol. The van der Waals surface area contributed by atoms with E-state index in [1.54, 1.807) is 18.6 Å². The van der Waals surface area contributed by atoms with Gasteiger partial charge in [0.1, 0.15) is 0 Å². The molecule has 0 N–H and O–H groups in total. The number of carbonyl (C=O) groups excluding carboxylic acids is 2. The molecule has 2 heterocycles. The van der Waals surface area contributed by atoms with Gasteiger partial charge in [-0.2, -0.15) is 0 Å². The summed E-state index contributed by atoms with van der Waals surface area (Å²) < 4.78 is 5.42. The monoisotopic (exact) mass is 407 g/mol. The number of nitrogens with zero attached hydrogens (tertiary/aromatic N) is 3. The number of carbonyl (C=O) groups is 2. The maximum absolute atomic E-state index is 12.9. The SMILES string of the molecule is CCOC(=O)C1(C/C=C/c2ccccc2)CCCN(C(=O)CCc2cnccn2)C1. The van der Waals surface area contributed by atoms with Crippen LogP contribution in [0.5, 0.6) is 0 Å². The third-order valence-electron chi connectivity index (χ3n) is 5.47. The van der Waals surface area contributed by atoms with Crippen molar-refractivity contribution in [3.05, 3.63) is 66.3 Å². The molecule has 6 heteroatoms. The number of esters is 1. The van der Waals surface area contributed by atoms with Crippen LogP contribution in [-0.2, 0) is 20.7 Å². The number of hydrogen-bond donors (Lipinski definition) is 0. The van der Waals surface area contributed by atoms with E-state index in [1.165, 1.54) is 0 Å². The van der Waals surface area contributed by atoms with Crippen molar-refractivity contribution in [2.24, 2.45) is 5.41 Å². The molecule has 1 fully saturated rings. The molecule has 1 amide bonds. The summed E-state index contributed by atoms with van der Waals surface area (Å²) in [5.74, 6) is -0.171. The van der Waals surface area contributed by atoms with E-state index in [9.17, 15) is 9.59 Å². The summed E-state index contributed by atoms with van der Waals surface area (Å²) in [5, 5.41) is 0. The van der Waals surface area contributed by atoms with E-state index in [1.807, 2.05) is 54.3 Å². The van der Waals surface area contributed by atoms with Gasteiger partial charge in [0.05, 0.1) is 17.7 Å². The van der Waals surface area contributed by atoms with Crippen molar-refractivity contribution in [3.8, 4) is 0 Å². The van der Waals surface area contributed by atoms with Gasteiger partial charge in [-0.15, -0.1) is 0 Å². The fraction of sp³-hybridized carbons (Fsp3) is 0.417. The van der Waals surface area contributed by atoms with Crippen LogP contribution >= 0.6 is 0 Å². The Balaban J connectivity index is 1.68. The number of aryl methyl sites for hydroxylation is 1. The Morgan fingerprint density at radius 2 is 2.07 bits per heavy atom. The van der Waals surface area contributed by atoms with Crippen LogP contribution in [0.25, 0.3) is 6.08 Å². The van der Waals surface area contributed by atoms with E-state index in [-0.39, 0.29) is 11.9 Å². The minimum absolute atomic E-state index is 0.0427. The quantitative estimate of drug-likeness (QED) is 0.624. The lowest BCUT2D eigenvalue weighted by Gasteiger charge is -2.40. The highest BCUT2D eigenvalue weighted by Gasteiger charge is 2.43. The standard InChI is InChI=1S/C24H29N3O3/c1-2-30-23(29)24(13-6-10-20-8-4-3-5-9-20)14-7-17-27(19-24)22(28)12-11-21-18-25-15-16-26-21/h3-6,8-10,15-16,18H,2,7,11-14,17,19H2,1H3/b10-6+. The molecule has 1 unspecified atom stereocenters. The summed E-state index contributed by atoms with van der Waals surface area (Å²) in [7, 11) is 0. The molecule has 158 valence electrons. The normalized spacial score (nSPS) is 19.0. The second kappa shape index (κ2) is 10.7. The average Bonchev–Trinajstić information content (AvgIpc) is 2.79. The highest BCUT2D eigenvalue weighted by molar-refractivity contribution is 5.81. The number of ether oxygens (including phenoxy) is 1. The zero-order valence-electron chi connectivity index (χ0n) is 17.5. The number of aromatic nitrogens is 2. The summed E-state index contributed by atoms with van der Waals surface area (Å²) in [6.45, 7) is 3.22. The van der Waals surface area contributed by atoms with Gasteiger partial charge in [-0.25, -0.2) is 0 Å². The Morgan fingerprint density at radius 3 is 2.80 bits per heavy atom. The first-order chi connectivity index (χ1) is 14.6. The number of piperidine rings is 1. The number of amides is 1. The van der Waals surface area contributed by atoms with Crippen molar-refractivity contribution in [2.75, 3.05) is 19.7 Å². The molecule has 1 aliphatic rings. The van der Waals surface area contributed by atoms with Gasteiger partial charge in [-0.3, -0.25) is 19.6 Å². The minimum atomic E-state index is -0.693. The smallest absolute Gasteiger partial charge is 0.314 e. The van der Waals surface area contributed by atoms with Gasteiger partial charge in [-0.1, -0.05) is 42.5 Å². The van der Waals surface area contributed by atoms with Gasteiger partial charge in [0, 0.05) is 38.1 Å². The molecule has 0 spiro atoms. The van der Waals surface area contributed by atoms with E-state index in [2.05, 4.69) is 9.97 Å². The lowest BCUT2D eigenvalue weighted by atomic mass is 9.76. The zero-order chi connectivity index (χ0) is 21.2. The largest absolute Gasteiger partial charge is 0.466 e. The Labute approximate surface area is 178 Å². The number of benzene rings is 1. The van der Waals surface area contributed by atoms with Gasteiger partial charge in [0.25, 0.3) is 0 Å². The highest BCUT2D eigenvalue weighted by atomic mass is 16.5. The maximum atomic E-state index is 12.9. The first-order valence-corrected chi connectivity index (χ1v) is 10.5. The van der Waals surface area contributed by atoms with Crippen LogP contribution in [0.1, 0.15) is 43.9 Å². The summed E-state index contributed by atoms with van der Waals surface area (Å²) in [6.07, 6.45) is 11.9. The first kappa shape index (κ1) is 21.7. The Bertz CT molecular complexity index is 855. The summed E-state index contributed by atoms with van der Waals surface area (Å²) in [5.41, 5.74) is 1.19. The van der Waals surface area contributed by atoms with E-state index >= 15 is 0 Å². The predicted molar refractivity (Wildman–Crippen MR) is 115 cm³/mol. The van der Waals surface area contributed by atoms with Crippen LogP contribution in [0.15, 0.2) is 55.0 Å². The van der Waals surface area contributed by atoms with Crippen molar-refractivity contribution in [1.29, 1.82) is 0 Å². The van der Waals surface area contributed by atoms with Gasteiger partial charge in [0.2, 0.25) is 5.91 Å². The van der Waals surface area contributed by atoms with Crippen molar-refractivity contribution >= 4 is 18.0 Å². The highest BCUT2D eigenvalue weighted by Crippen LogP contribution is 2.36. The van der Waals surface area contributed by atoms with E-state index in [4.69, 9.17) is 4.74 Å². The lowest BCUT2D eigenvalue weighted by molar-refractivity contribution is -0.160. The maximum Gasteiger partial charge on any atom is 0.314 e. The second-order valence-corrected chi connectivity index (χ2v) is 7.63. The fourth-order valence-electron chi connectivity index (χ4n) is 3.88. The second-order valence-electron chi connectivity index (χ2n) is 7.63. The van der Waals surface area contributed by atoms with E-state index in [0.29, 0.717) is 39.0 Å². The summed E-state index contributed by atoms with van der Waals surface area (Å²) >= 11 is 0. The van der Waals surface area contributed by atoms with Gasteiger partial charge < -0.3 is 9.64 Å². The van der Waals surface area contributed by atoms with Crippen LogP contribution in [0.4, 0.5) is 0 Å². The molecule has 0 aliphatic carbocycles. The lowest BCUT2D eigenvalue weighted by Crippen LogP contribution is -2.50. The van der Waals surface area contributed by atoms with Gasteiger partial charge in [0.15, 0.2) is 0 Å².